The zero-order chi connectivity index (χ0) is 19.3. The van der Waals surface area contributed by atoms with Crippen LogP contribution in [0.3, 0.4) is 0 Å². The van der Waals surface area contributed by atoms with E-state index < -0.39 is 6.36 Å². The lowest BCUT2D eigenvalue weighted by Gasteiger charge is -2.23. The van der Waals surface area contributed by atoms with E-state index in [-0.39, 0.29) is 17.8 Å². The summed E-state index contributed by atoms with van der Waals surface area (Å²) in [6.45, 7) is 2.51. The van der Waals surface area contributed by atoms with Crippen molar-refractivity contribution in [2.45, 2.75) is 12.5 Å². The number of rotatable bonds is 5. The van der Waals surface area contributed by atoms with Crippen molar-refractivity contribution in [1.29, 1.82) is 0 Å². The minimum atomic E-state index is -4.73. The molecule has 0 aromatic heterocycles. The van der Waals surface area contributed by atoms with Crippen LogP contribution in [0.4, 0.5) is 13.2 Å². The maximum absolute atomic E-state index is 12.3. The number of carbonyl (C=O) groups excluding carboxylic acids is 1. The summed E-state index contributed by atoms with van der Waals surface area (Å²) >= 11 is 0. The van der Waals surface area contributed by atoms with Crippen LogP contribution in [-0.4, -0.2) is 44.6 Å². The first-order valence-corrected chi connectivity index (χ1v) is 8.47. The number of ether oxygens (including phenoxy) is 2. The number of benzene rings is 2. The van der Waals surface area contributed by atoms with E-state index in [1.807, 2.05) is 0 Å². The first-order valence-electron chi connectivity index (χ1n) is 8.47. The zero-order valence-corrected chi connectivity index (χ0v) is 14.4. The molecule has 27 heavy (non-hydrogen) atoms. The van der Waals surface area contributed by atoms with Gasteiger partial charge in [-0.2, -0.15) is 0 Å². The Balaban J connectivity index is 1.65. The fourth-order valence-corrected chi connectivity index (χ4v) is 2.75. The first-order chi connectivity index (χ1) is 12.9. The second-order valence-electron chi connectivity index (χ2n) is 6.06. The lowest BCUT2D eigenvalue weighted by Crippen LogP contribution is -2.45. The van der Waals surface area contributed by atoms with Gasteiger partial charge < -0.3 is 20.1 Å². The van der Waals surface area contributed by atoms with Gasteiger partial charge in [0.25, 0.3) is 5.91 Å². The number of carbonyl (C=O) groups is 1. The lowest BCUT2D eigenvalue weighted by molar-refractivity contribution is -0.274. The highest BCUT2D eigenvalue weighted by Crippen LogP contribution is 2.27. The molecule has 1 aliphatic rings. The molecule has 144 valence electrons. The Morgan fingerprint density at radius 1 is 1.19 bits per heavy atom. The number of hydrogen-bond acceptors (Lipinski definition) is 4. The molecule has 1 amide bonds. The number of amides is 1. The normalized spacial score (nSPS) is 17.4. The monoisotopic (exact) mass is 380 g/mol. The van der Waals surface area contributed by atoms with Crippen LogP contribution in [0.2, 0.25) is 0 Å². The van der Waals surface area contributed by atoms with Gasteiger partial charge in [-0.25, -0.2) is 0 Å². The molecule has 0 radical (unpaired) electrons. The van der Waals surface area contributed by atoms with Crippen LogP contribution in [0.25, 0.3) is 11.1 Å². The zero-order valence-electron chi connectivity index (χ0n) is 14.4. The Bertz CT molecular complexity index is 773. The van der Waals surface area contributed by atoms with Crippen molar-refractivity contribution in [3.05, 3.63) is 54.1 Å². The molecule has 2 aromatic rings. The van der Waals surface area contributed by atoms with Crippen LogP contribution in [0.15, 0.2) is 48.5 Å². The Labute approximate surface area is 154 Å². The summed E-state index contributed by atoms with van der Waals surface area (Å²) in [4.78, 5) is 12.3. The van der Waals surface area contributed by atoms with Gasteiger partial charge in [0.05, 0.1) is 12.7 Å². The smallest absolute Gasteiger partial charge is 0.406 e. The predicted octanol–water partition coefficient (Wildman–Crippen LogP) is 2.97. The van der Waals surface area contributed by atoms with Gasteiger partial charge in [0.2, 0.25) is 0 Å². The van der Waals surface area contributed by atoms with Gasteiger partial charge in [0.15, 0.2) is 0 Å². The van der Waals surface area contributed by atoms with Crippen LogP contribution in [0, 0.1) is 0 Å². The highest BCUT2D eigenvalue weighted by molar-refractivity contribution is 5.95. The fourth-order valence-electron chi connectivity index (χ4n) is 2.75. The largest absolute Gasteiger partial charge is 0.573 e. The van der Waals surface area contributed by atoms with Gasteiger partial charge in [-0.3, -0.25) is 4.79 Å². The molecule has 2 N–H and O–H groups in total. The molecule has 0 bridgehead atoms. The molecule has 3 rings (SSSR count). The standard InChI is InChI=1S/C19H19F3N2O3/c20-19(21,22)27-16-6-4-13(5-7-16)14-2-1-3-15(10-14)18(25)24-12-17-11-23-8-9-26-17/h1-7,10,17,23H,8-9,11-12H2,(H,24,25). The first kappa shape index (κ1) is 19.2. The van der Waals surface area contributed by atoms with E-state index in [0.29, 0.717) is 30.8 Å². The summed E-state index contributed by atoms with van der Waals surface area (Å²) in [5.74, 6) is -0.524. The summed E-state index contributed by atoms with van der Waals surface area (Å²) in [5.41, 5.74) is 1.86. The van der Waals surface area contributed by atoms with Crippen molar-refractivity contribution in [2.75, 3.05) is 26.2 Å². The maximum Gasteiger partial charge on any atom is 0.573 e. The van der Waals surface area contributed by atoms with E-state index in [1.54, 1.807) is 24.3 Å². The number of morpholine rings is 1. The van der Waals surface area contributed by atoms with Crippen molar-refractivity contribution < 1.29 is 27.4 Å². The molecule has 2 aromatic carbocycles. The van der Waals surface area contributed by atoms with Gasteiger partial charge in [0.1, 0.15) is 5.75 Å². The van der Waals surface area contributed by atoms with Crippen molar-refractivity contribution in [1.82, 2.24) is 10.6 Å². The second-order valence-corrected chi connectivity index (χ2v) is 6.06. The number of alkyl halides is 3. The van der Waals surface area contributed by atoms with Crippen LogP contribution < -0.4 is 15.4 Å². The molecule has 0 aliphatic carbocycles. The Hall–Kier alpha value is -2.58. The minimum Gasteiger partial charge on any atom is -0.406 e. The van der Waals surface area contributed by atoms with E-state index >= 15 is 0 Å². The summed E-state index contributed by atoms with van der Waals surface area (Å²) in [6.07, 6.45) is -4.79. The Morgan fingerprint density at radius 3 is 2.63 bits per heavy atom. The third-order valence-corrected chi connectivity index (χ3v) is 4.04. The second kappa shape index (κ2) is 8.41. The van der Waals surface area contributed by atoms with Crippen LogP contribution in [0.5, 0.6) is 5.75 Å². The van der Waals surface area contributed by atoms with E-state index in [2.05, 4.69) is 15.4 Å². The molecule has 1 saturated heterocycles. The van der Waals surface area contributed by atoms with Crippen molar-refractivity contribution >= 4 is 5.91 Å². The van der Waals surface area contributed by atoms with Crippen molar-refractivity contribution in [2.24, 2.45) is 0 Å². The quantitative estimate of drug-likeness (QED) is 0.837. The van der Waals surface area contributed by atoms with E-state index in [4.69, 9.17) is 4.74 Å². The van der Waals surface area contributed by atoms with Crippen LogP contribution >= 0.6 is 0 Å². The van der Waals surface area contributed by atoms with Gasteiger partial charge >= 0.3 is 6.36 Å². The third kappa shape index (κ3) is 5.70. The van der Waals surface area contributed by atoms with Gasteiger partial charge in [0, 0.05) is 25.2 Å². The molecule has 1 atom stereocenters. The molecule has 8 heteroatoms. The average Bonchev–Trinajstić information content (AvgIpc) is 2.66. The molecular formula is C19H19F3N2O3. The lowest BCUT2D eigenvalue weighted by atomic mass is 10.0. The molecule has 1 heterocycles. The number of hydrogen-bond donors (Lipinski definition) is 2. The van der Waals surface area contributed by atoms with Crippen molar-refractivity contribution in [3.8, 4) is 16.9 Å². The summed E-state index contributed by atoms with van der Waals surface area (Å²) in [7, 11) is 0. The summed E-state index contributed by atoms with van der Waals surface area (Å²) in [6, 6.07) is 12.4. The van der Waals surface area contributed by atoms with Gasteiger partial charge in [-0.15, -0.1) is 13.2 Å². The van der Waals surface area contributed by atoms with E-state index in [1.165, 1.54) is 24.3 Å². The average molecular weight is 380 g/mol. The minimum absolute atomic E-state index is 0.0629. The summed E-state index contributed by atoms with van der Waals surface area (Å²) in [5, 5.41) is 6.02. The molecule has 5 nitrogen and oxygen atoms in total. The third-order valence-electron chi connectivity index (χ3n) is 4.04. The predicted molar refractivity (Wildman–Crippen MR) is 93.5 cm³/mol. The van der Waals surface area contributed by atoms with Crippen LogP contribution in [0.1, 0.15) is 10.4 Å². The number of halogens is 3. The molecule has 1 fully saturated rings. The topological polar surface area (TPSA) is 59.6 Å². The van der Waals surface area contributed by atoms with Gasteiger partial charge in [-0.1, -0.05) is 24.3 Å². The molecule has 1 aliphatic heterocycles. The summed E-state index contributed by atoms with van der Waals surface area (Å²) < 4.78 is 46.1. The Morgan fingerprint density at radius 2 is 1.96 bits per heavy atom. The SMILES string of the molecule is O=C(NCC1CNCCO1)c1cccc(-c2ccc(OC(F)(F)F)cc2)c1. The van der Waals surface area contributed by atoms with Crippen LogP contribution in [-0.2, 0) is 4.74 Å². The van der Waals surface area contributed by atoms with Gasteiger partial charge in [-0.05, 0) is 35.4 Å². The highest BCUT2D eigenvalue weighted by atomic mass is 19.4. The van der Waals surface area contributed by atoms with E-state index in [9.17, 15) is 18.0 Å². The maximum atomic E-state index is 12.3. The van der Waals surface area contributed by atoms with Crippen molar-refractivity contribution in [3.63, 3.8) is 0 Å². The molecule has 0 spiro atoms. The highest BCUT2D eigenvalue weighted by Gasteiger charge is 2.30. The number of nitrogens with one attached hydrogen (secondary N) is 2. The van der Waals surface area contributed by atoms with E-state index in [0.717, 1.165) is 12.1 Å². The molecule has 0 saturated carbocycles. The molecule has 1 unspecified atom stereocenters. The Kier molecular flexibility index (Phi) is 5.98. The fraction of sp³-hybridized carbons (Fsp3) is 0.316. The molecular weight excluding hydrogens is 361 g/mol.